The minimum absolute atomic E-state index is 0. The number of rotatable bonds is 5. The summed E-state index contributed by atoms with van der Waals surface area (Å²) in [7, 11) is 1.73. The first-order chi connectivity index (χ1) is 9.02. The Morgan fingerprint density at radius 2 is 2.05 bits per heavy atom. The number of nitrogens with one attached hydrogen (secondary N) is 2. The van der Waals surface area contributed by atoms with Gasteiger partial charge in [0.15, 0.2) is 5.96 Å². The van der Waals surface area contributed by atoms with Crippen molar-refractivity contribution < 1.29 is 4.39 Å². The van der Waals surface area contributed by atoms with Crippen LogP contribution in [0.15, 0.2) is 27.7 Å². The second-order valence-corrected chi connectivity index (χ2v) is 5.63. The first-order valence-electron chi connectivity index (χ1n) is 6.41. The fourth-order valence-electron chi connectivity index (χ4n) is 1.56. The van der Waals surface area contributed by atoms with E-state index in [1.165, 1.54) is 12.1 Å². The van der Waals surface area contributed by atoms with Crippen LogP contribution < -0.4 is 10.6 Å². The molecule has 1 aromatic carbocycles. The Kier molecular flexibility index (Phi) is 10.2. The van der Waals surface area contributed by atoms with Crippen LogP contribution in [0.1, 0.15) is 25.8 Å². The van der Waals surface area contributed by atoms with Crippen LogP contribution in [0.4, 0.5) is 4.39 Å². The van der Waals surface area contributed by atoms with Crippen LogP contribution in [0.3, 0.4) is 0 Å². The molecule has 0 unspecified atom stereocenters. The lowest BCUT2D eigenvalue weighted by Crippen LogP contribution is -2.37. The van der Waals surface area contributed by atoms with Crippen LogP contribution in [-0.2, 0) is 6.54 Å². The predicted molar refractivity (Wildman–Crippen MR) is 97.2 cm³/mol. The van der Waals surface area contributed by atoms with Crippen molar-refractivity contribution >= 4 is 45.9 Å². The molecule has 0 spiro atoms. The Bertz CT molecular complexity index is 438. The topological polar surface area (TPSA) is 36.4 Å². The molecule has 1 rings (SSSR count). The van der Waals surface area contributed by atoms with Crippen LogP contribution in [0.25, 0.3) is 0 Å². The van der Waals surface area contributed by atoms with Crippen molar-refractivity contribution in [3.63, 3.8) is 0 Å². The molecule has 0 atom stereocenters. The van der Waals surface area contributed by atoms with Gasteiger partial charge >= 0.3 is 0 Å². The monoisotopic (exact) mass is 457 g/mol. The molecule has 0 saturated carbocycles. The molecule has 0 aliphatic carbocycles. The third-order valence-electron chi connectivity index (χ3n) is 2.69. The van der Waals surface area contributed by atoms with Crippen molar-refractivity contribution in [1.29, 1.82) is 0 Å². The van der Waals surface area contributed by atoms with E-state index in [-0.39, 0.29) is 29.8 Å². The standard InChI is InChI=1S/C14H21BrFN3.HI/c1-10(2)6-7-18-14(17-3)19-9-11-8-12(16)4-5-13(11)15;/h4-5,8,10H,6-7,9H2,1-3H3,(H2,17,18,19);1H. The Hall–Kier alpha value is -0.370. The molecule has 1 aromatic rings. The third-order valence-corrected chi connectivity index (χ3v) is 3.47. The first kappa shape index (κ1) is 19.6. The second-order valence-electron chi connectivity index (χ2n) is 4.77. The van der Waals surface area contributed by atoms with E-state index in [9.17, 15) is 4.39 Å². The van der Waals surface area contributed by atoms with Gasteiger partial charge in [-0.25, -0.2) is 4.39 Å². The van der Waals surface area contributed by atoms with Gasteiger partial charge in [-0.2, -0.15) is 0 Å². The van der Waals surface area contributed by atoms with E-state index in [0.29, 0.717) is 12.5 Å². The maximum atomic E-state index is 13.2. The number of hydrogen-bond donors (Lipinski definition) is 2. The van der Waals surface area contributed by atoms with E-state index < -0.39 is 0 Å². The van der Waals surface area contributed by atoms with Gasteiger partial charge in [-0.3, -0.25) is 4.99 Å². The van der Waals surface area contributed by atoms with Crippen LogP contribution in [0.5, 0.6) is 0 Å². The summed E-state index contributed by atoms with van der Waals surface area (Å²) >= 11 is 3.41. The van der Waals surface area contributed by atoms with Crippen molar-refractivity contribution in [2.24, 2.45) is 10.9 Å². The number of nitrogens with zero attached hydrogens (tertiary/aromatic N) is 1. The lowest BCUT2D eigenvalue weighted by Gasteiger charge is -2.13. The maximum absolute atomic E-state index is 13.2. The van der Waals surface area contributed by atoms with Crippen LogP contribution in [-0.4, -0.2) is 19.6 Å². The molecule has 0 aliphatic heterocycles. The van der Waals surface area contributed by atoms with E-state index in [2.05, 4.69) is 45.4 Å². The van der Waals surface area contributed by atoms with Crippen molar-refractivity contribution in [2.45, 2.75) is 26.8 Å². The Labute approximate surface area is 146 Å². The molecule has 0 saturated heterocycles. The van der Waals surface area contributed by atoms with Crippen LogP contribution in [0, 0.1) is 11.7 Å². The van der Waals surface area contributed by atoms with Crippen LogP contribution in [0.2, 0.25) is 0 Å². The average Bonchev–Trinajstić information content (AvgIpc) is 2.37. The summed E-state index contributed by atoms with van der Waals surface area (Å²) in [5.74, 6) is 1.16. The summed E-state index contributed by atoms with van der Waals surface area (Å²) in [6, 6.07) is 4.66. The summed E-state index contributed by atoms with van der Waals surface area (Å²) < 4.78 is 14.0. The number of halogens is 3. The van der Waals surface area contributed by atoms with E-state index >= 15 is 0 Å². The lowest BCUT2D eigenvalue weighted by molar-refractivity contribution is 0.573. The fourth-order valence-corrected chi connectivity index (χ4v) is 1.94. The summed E-state index contributed by atoms with van der Waals surface area (Å²) in [5, 5.41) is 6.40. The molecule has 0 radical (unpaired) electrons. The van der Waals surface area contributed by atoms with Gasteiger partial charge in [0.2, 0.25) is 0 Å². The molecular weight excluding hydrogens is 436 g/mol. The SMILES string of the molecule is CN=C(NCCC(C)C)NCc1cc(F)ccc1Br.I. The number of hydrogen-bond acceptors (Lipinski definition) is 1. The summed E-state index contributed by atoms with van der Waals surface area (Å²) in [6.45, 7) is 5.77. The number of benzene rings is 1. The maximum Gasteiger partial charge on any atom is 0.191 e. The molecule has 0 amide bonds. The Balaban J connectivity index is 0.00000361. The molecule has 2 N–H and O–H groups in total. The van der Waals surface area contributed by atoms with E-state index in [0.717, 1.165) is 29.0 Å². The largest absolute Gasteiger partial charge is 0.356 e. The van der Waals surface area contributed by atoms with E-state index in [1.807, 2.05) is 0 Å². The second kappa shape index (κ2) is 10.4. The third kappa shape index (κ3) is 7.42. The van der Waals surface area contributed by atoms with Crippen molar-refractivity contribution in [3.8, 4) is 0 Å². The molecule has 0 aromatic heterocycles. The summed E-state index contributed by atoms with van der Waals surface area (Å²) in [4.78, 5) is 4.14. The zero-order chi connectivity index (χ0) is 14.3. The van der Waals surface area contributed by atoms with Gasteiger partial charge in [-0.15, -0.1) is 24.0 Å². The molecular formula is C14H22BrFIN3. The van der Waals surface area contributed by atoms with Crippen molar-refractivity contribution in [3.05, 3.63) is 34.1 Å². The fraction of sp³-hybridized carbons (Fsp3) is 0.500. The highest BCUT2D eigenvalue weighted by Crippen LogP contribution is 2.17. The molecule has 0 aliphatic rings. The molecule has 0 heterocycles. The molecule has 0 bridgehead atoms. The van der Waals surface area contributed by atoms with E-state index in [4.69, 9.17) is 0 Å². The minimum atomic E-state index is -0.234. The number of aliphatic imine (C=N–C) groups is 1. The van der Waals surface area contributed by atoms with E-state index in [1.54, 1.807) is 13.1 Å². The van der Waals surface area contributed by atoms with Crippen molar-refractivity contribution in [2.75, 3.05) is 13.6 Å². The summed E-state index contributed by atoms with van der Waals surface area (Å²) in [5.41, 5.74) is 0.867. The zero-order valence-corrected chi connectivity index (χ0v) is 16.0. The Morgan fingerprint density at radius 1 is 1.35 bits per heavy atom. The average molecular weight is 458 g/mol. The van der Waals surface area contributed by atoms with Gasteiger partial charge in [-0.05, 0) is 36.1 Å². The summed E-state index contributed by atoms with van der Waals surface area (Å²) in [6.07, 6.45) is 1.09. The molecule has 6 heteroatoms. The highest BCUT2D eigenvalue weighted by atomic mass is 127. The van der Waals surface area contributed by atoms with Gasteiger partial charge < -0.3 is 10.6 Å². The van der Waals surface area contributed by atoms with Crippen molar-refractivity contribution in [1.82, 2.24) is 10.6 Å². The Morgan fingerprint density at radius 3 is 2.65 bits per heavy atom. The first-order valence-corrected chi connectivity index (χ1v) is 7.20. The smallest absolute Gasteiger partial charge is 0.191 e. The zero-order valence-electron chi connectivity index (χ0n) is 12.0. The highest BCUT2D eigenvalue weighted by Gasteiger charge is 2.03. The van der Waals surface area contributed by atoms with Gasteiger partial charge in [0.1, 0.15) is 5.82 Å². The number of guanidine groups is 1. The van der Waals surface area contributed by atoms with Gasteiger partial charge in [0.25, 0.3) is 0 Å². The predicted octanol–water partition coefficient (Wildman–Crippen LogP) is 3.92. The molecule has 20 heavy (non-hydrogen) atoms. The van der Waals surface area contributed by atoms with Gasteiger partial charge in [0.05, 0.1) is 0 Å². The molecule has 0 fully saturated rings. The quantitative estimate of drug-likeness (QED) is 0.399. The highest BCUT2D eigenvalue weighted by molar-refractivity contribution is 14.0. The van der Waals surface area contributed by atoms with Gasteiger partial charge in [0, 0.05) is 24.6 Å². The molecule has 114 valence electrons. The normalized spacial score (nSPS) is 11.2. The minimum Gasteiger partial charge on any atom is -0.356 e. The molecule has 3 nitrogen and oxygen atoms in total. The van der Waals surface area contributed by atoms with Gasteiger partial charge in [-0.1, -0.05) is 29.8 Å². The lowest BCUT2D eigenvalue weighted by atomic mass is 10.1. The van der Waals surface area contributed by atoms with Crippen LogP contribution >= 0.6 is 39.9 Å².